The molecule has 88 valence electrons. The van der Waals surface area contributed by atoms with Crippen LogP contribution in [0, 0.1) is 0 Å². The average Bonchev–Trinajstić information content (AvgIpc) is 2.63. The molecule has 0 fully saturated rings. The van der Waals surface area contributed by atoms with E-state index in [2.05, 4.69) is 10.2 Å². The van der Waals surface area contributed by atoms with Crippen molar-refractivity contribution in [2.24, 2.45) is 0 Å². The minimum atomic E-state index is -0.428. The molecule has 1 aliphatic rings. The maximum atomic E-state index is 12.1. The molecule has 0 bridgehead atoms. The standard InChI is InChI=1S/C12H8N4O2/c13-7-3-4-8-9(6-7)12(18)16(11(8)17)10-2-1-5-14-15-10/h1-6H,13H2. The summed E-state index contributed by atoms with van der Waals surface area (Å²) in [5.74, 6) is -0.624. The van der Waals surface area contributed by atoms with Gasteiger partial charge in [0.1, 0.15) is 0 Å². The minimum Gasteiger partial charge on any atom is -0.399 e. The van der Waals surface area contributed by atoms with E-state index in [1.807, 2.05) is 0 Å². The van der Waals surface area contributed by atoms with Gasteiger partial charge in [-0.1, -0.05) is 0 Å². The third-order valence-electron chi connectivity index (χ3n) is 2.70. The molecular weight excluding hydrogens is 232 g/mol. The van der Waals surface area contributed by atoms with Gasteiger partial charge >= 0.3 is 0 Å². The van der Waals surface area contributed by atoms with Crippen LogP contribution >= 0.6 is 0 Å². The second-order valence-corrected chi connectivity index (χ2v) is 3.83. The lowest BCUT2D eigenvalue weighted by atomic mass is 10.1. The average molecular weight is 240 g/mol. The summed E-state index contributed by atoms with van der Waals surface area (Å²) in [6, 6.07) is 7.79. The summed E-state index contributed by atoms with van der Waals surface area (Å²) in [6.45, 7) is 0. The van der Waals surface area contributed by atoms with Gasteiger partial charge in [0.15, 0.2) is 5.82 Å². The van der Waals surface area contributed by atoms with E-state index in [4.69, 9.17) is 5.73 Å². The molecule has 6 heteroatoms. The van der Waals surface area contributed by atoms with Crippen LogP contribution in [0.4, 0.5) is 11.5 Å². The SMILES string of the molecule is Nc1ccc2c(c1)C(=O)N(c1cccnn1)C2=O. The van der Waals surface area contributed by atoms with Crippen LogP contribution in [0.2, 0.25) is 0 Å². The number of rotatable bonds is 1. The second-order valence-electron chi connectivity index (χ2n) is 3.83. The highest BCUT2D eigenvalue weighted by atomic mass is 16.2. The third-order valence-corrected chi connectivity index (χ3v) is 2.70. The van der Waals surface area contributed by atoms with Crippen molar-refractivity contribution in [1.29, 1.82) is 0 Å². The van der Waals surface area contributed by atoms with Crippen LogP contribution in [0.3, 0.4) is 0 Å². The van der Waals surface area contributed by atoms with Crippen LogP contribution in [-0.2, 0) is 0 Å². The largest absolute Gasteiger partial charge is 0.399 e. The summed E-state index contributed by atoms with van der Waals surface area (Å²) in [6.07, 6.45) is 1.47. The smallest absolute Gasteiger partial charge is 0.267 e. The molecule has 18 heavy (non-hydrogen) atoms. The highest BCUT2D eigenvalue weighted by Crippen LogP contribution is 2.27. The summed E-state index contributed by atoms with van der Waals surface area (Å²) in [4.78, 5) is 25.3. The summed E-state index contributed by atoms with van der Waals surface area (Å²) < 4.78 is 0. The van der Waals surface area contributed by atoms with E-state index in [9.17, 15) is 9.59 Å². The van der Waals surface area contributed by atoms with Gasteiger partial charge in [-0.2, -0.15) is 5.10 Å². The van der Waals surface area contributed by atoms with Gasteiger partial charge in [0.2, 0.25) is 0 Å². The molecule has 2 aromatic rings. The number of hydrogen-bond acceptors (Lipinski definition) is 5. The van der Waals surface area contributed by atoms with Crippen LogP contribution in [0.15, 0.2) is 36.5 Å². The predicted octanol–water partition coefficient (Wildman–Crippen LogP) is 0.859. The number of anilines is 2. The van der Waals surface area contributed by atoms with Crippen molar-refractivity contribution in [3.05, 3.63) is 47.7 Å². The first-order valence-corrected chi connectivity index (χ1v) is 5.24. The van der Waals surface area contributed by atoms with Crippen molar-refractivity contribution in [1.82, 2.24) is 10.2 Å². The number of aromatic nitrogens is 2. The number of nitrogens with two attached hydrogens (primary N) is 1. The lowest BCUT2D eigenvalue weighted by Crippen LogP contribution is -2.30. The molecule has 1 aromatic carbocycles. The van der Waals surface area contributed by atoms with Crippen molar-refractivity contribution >= 4 is 23.3 Å². The molecule has 0 unspecified atom stereocenters. The molecule has 0 saturated carbocycles. The van der Waals surface area contributed by atoms with Crippen molar-refractivity contribution < 1.29 is 9.59 Å². The second kappa shape index (κ2) is 3.63. The van der Waals surface area contributed by atoms with Gasteiger partial charge in [-0.25, -0.2) is 4.90 Å². The summed E-state index contributed by atoms with van der Waals surface area (Å²) in [7, 11) is 0. The molecule has 6 nitrogen and oxygen atoms in total. The fourth-order valence-electron chi connectivity index (χ4n) is 1.88. The Labute approximate surface area is 102 Å². The normalized spacial score (nSPS) is 13.9. The van der Waals surface area contributed by atoms with Gasteiger partial charge in [-0.05, 0) is 30.3 Å². The maximum absolute atomic E-state index is 12.1. The molecule has 1 aromatic heterocycles. The number of nitrogen functional groups attached to an aromatic ring is 1. The molecular formula is C12H8N4O2. The fraction of sp³-hybridized carbons (Fsp3) is 0. The van der Waals surface area contributed by atoms with E-state index < -0.39 is 11.8 Å². The first-order valence-electron chi connectivity index (χ1n) is 5.24. The van der Waals surface area contributed by atoms with E-state index in [1.54, 1.807) is 24.3 Å². The molecule has 0 atom stereocenters. The number of amides is 2. The number of imide groups is 1. The van der Waals surface area contributed by atoms with Gasteiger partial charge in [0.05, 0.1) is 11.1 Å². The van der Waals surface area contributed by atoms with Gasteiger partial charge < -0.3 is 5.73 Å². The lowest BCUT2D eigenvalue weighted by Gasteiger charge is -2.10. The van der Waals surface area contributed by atoms with Gasteiger partial charge in [-0.3, -0.25) is 9.59 Å². The quantitative estimate of drug-likeness (QED) is 0.589. The highest BCUT2D eigenvalue weighted by molar-refractivity contribution is 6.34. The highest BCUT2D eigenvalue weighted by Gasteiger charge is 2.37. The molecule has 0 aliphatic carbocycles. The van der Waals surface area contributed by atoms with Gasteiger partial charge in [0, 0.05) is 11.9 Å². The van der Waals surface area contributed by atoms with Crippen molar-refractivity contribution in [2.75, 3.05) is 10.6 Å². The topological polar surface area (TPSA) is 89.2 Å². The van der Waals surface area contributed by atoms with E-state index in [0.29, 0.717) is 16.8 Å². The molecule has 2 amide bonds. The van der Waals surface area contributed by atoms with E-state index >= 15 is 0 Å². The summed E-state index contributed by atoms with van der Waals surface area (Å²) >= 11 is 0. The summed E-state index contributed by atoms with van der Waals surface area (Å²) in [5, 5.41) is 7.43. The zero-order valence-corrected chi connectivity index (χ0v) is 9.20. The number of hydrogen-bond donors (Lipinski definition) is 1. The van der Waals surface area contributed by atoms with Crippen molar-refractivity contribution in [3.8, 4) is 0 Å². The number of benzene rings is 1. The molecule has 3 rings (SSSR count). The van der Waals surface area contributed by atoms with Crippen molar-refractivity contribution in [3.63, 3.8) is 0 Å². The first kappa shape index (κ1) is 10.4. The molecule has 2 N–H and O–H groups in total. The number of carbonyl (C=O) groups is 2. The Hall–Kier alpha value is -2.76. The number of nitrogens with zero attached hydrogens (tertiary/aromatic N) is 3. The maximum Gasteiger partial charge on any atom is 0.267 e. The minimum absolute atomic E-state index is 0.210. The fourth-order valence-corrected chi connectivity index (χ4v) is 1.88. The molecule has 1 aliphatic heterocycles. The lowest BCUT2D eigenvalue weighted by molar-refractivity contribution is 0.0925. The zero-order valence-electron chi connectivity index (χ0n) is 9.20. The molecule has 0 spiro atoms. The van der Waals surface area contributed by atoms with Crippen LogP contribution in [0.5, 0.6) is 0 Å². The van der Waals surface area contributed by atoms with Crippen LogP contribution in [0.1, 0.15) is 20.7 Å². The Morgan fingerprint density at radius 1 is 1.06 bits per heavy atom. The molecule has 2 heterocycles. The Kier molecular flexibility index (Phi) is 2.09. The first-order chi connectivity index (χ1) is 8.68. The third kappa shape index (κ3) is 1.36. The number of carbonyl (C=O) groups excluding carboxylic acids is 2. The van der Waals surface area contributed by atoms with E-state index in [0.717, 1.165) is 4.90 Å². The predicted molar refractivity (Wildman–Crippen MR) is 64.0 cm³/mol. The molecule has 0 saturated heterocycles. The summed E-state index contributed by atoms with van der Waals surface area (Å²) in [5.41, 5.74) is 6.68. The molecule has 0 radical (unpaired) electrons. The van der Waals surface area contributed by atoms with Crippen LogP contribution < -0.4 is 10.6 Å². The van der Waals surface area contributed by atoms with Crippen LogP contribution in [-0.4, -0.2) is 22.0 Å². The Morgan fingerprint density at radius 2 is 1.83 bits per heavy atom. The van der Waals surface area contributed by atoms with Gasteiger partial charge in [0.25, 0.3) is 11.8 Å². The monoisotopic (exact) mass is 240 g/mol. The zero-order chi connectivity index (χ0) is 12.7. The Bertz CT molecular complexity index is 654. The van der Waals surface area contributed by atoms with Crippen LogP contribution in [0.25, 0.3) is 0 Å². The Morgan fingerprint density at radius 3 is 2.56 bits per heavy atom. The van der Waals surface area contributed by atoms with E-state index in [1.165, 1.54) is 12.3 Å². The Balaban J connectivity index is 2.13. The van der Waals surface area contributed by atoms with Crippen molar-refractivity contribution in [2.45, 2.75) is 0 Å². The van der Waals surface area contributed by atoms with Gasteiger partial charge in [-0.15, -0.1) is 5.10 Å². The van der Waals surface area contributed by atoms with E-state index in [-0.39, 0.29) is 5.82 Å². The number of fused-ring (bicyclic) bond motifs is 1.